The molecule has 0 aromatic heterocycles. The van der Waals surface area contributed by atoms with Crippen LogP contribution in [0.4, 0.5) is 22.7 Å². The van der Waals surface area contributed by atoms with Crippen LogP contribution in [-0.4, -0.2) is 50.3 Å². The van der Waals surface area contributed by atoms with Gasteiger partial charge in [-0.05, 0) is 144 Å². The fraction of sp³-hybridized carbons (Fsp3) is 0.200. The van der Waals surface area contributed by atoms with Crippen LogP contribution in [0, 0.1) is 0 Å². The minimum Gasteiger partial charge on any atom is -0.363 e. The van der Waals surface area contributed by atoms with E-state index in [4.69, 9.17) is 0 Å². The standard InChI is InChI=1S/C60H60N4P4S2/c1-5-13-49(14-6-1)37-65-41-61-43-66(38-50-15-7-2-8-16-50)44-62(42-65)54-23-31-58(32-24-54)70-60-35-27-56(28-36-60)64-46-67(39-51-17-9-3-10-18-51)45-63(47-68(48-64)40-52-19-11-4-12-20-52)55-25-33-59(34-26-55)69-57-29-21-53(61)22-30-57/h1-36H,37-48H2. The van der Waals surface area contributed by atoms with Gasteiger partial charge in [-0.3, -0.25) is 0 Å². The molecule has 8 aromatic carbocycles. The van der Waals surface area contributed by atoms with Crippen LogP contribution in [0.25, 0.3) is 0 Å². The van der Waals surface area contributed by atoms with Crippen molar-refractivity contribution >= 4 is 78.0 Å². The number of nitrogens with zero attached hydrogens (tertiary/aromatic N) is 4. The molecule has 352 valence electrons. The molecule has 2 fully saturated rings. The first-order valence-electron chi connectivity index (χ1n) is 24.4. The second kappa shape index (κ2) is 23.3. The zero-order chi connectivity index (χ0) is 46.9. The highest BCUT2D eigenvalue weighted by Crippen LogP contribution is 2.54. The molecule has 0 atom stereocenters. The maximum absolute atomic E-state index is 2.77. The van der Waals surface area contributed by atoms with Gasteiger partial charge in [-0.15, -0.1) is 0 Å². The fourth-order valence-corrected chi connectivity index (χ4v) is 22.2. The van der Waals surface area contributed by atoms with E-state index in [2.05, 4.69) is 238 Å². The Bertz CT molecular complexity index is 2440. The average Bonchev–Trinajstić information content (AvgIpc) is 3.38. The number of hydrogen-bond donors (Lipinski definition) is 0. The summed E-state index contributed by atoms with van der Waals surface area (Å²) in [5.41, 5.74) is 11.2. The van der Waals surface area contributed by atoms with Crippen LogP contribution >= 0.6 is 55.2 Å². The summed E-state index contributed by atoms with van der Waals surface area (Å²) < 4.78 is 0. The maximum Gasteiger partial charge on any atom is 0.0400 e. The van der Waals surface area contributed by atoms with E-state index in [1.54, 1.807) is 0 Å². The quantitative estimate of drug-likeness (QED) is 0.140. The molecule has 8 aromatic rings. The maximum atomic E-state index is 2.77. The summed E-state index contributed by atoms with van der Waals surface area (Å²) in [5, 5.41) is 0. The van der Waals surface area contributed by atoms with E-state index < -0.39 is 0 Å². The van der Waals surface area contributed by atoms with Gasteiger partial charge in [0, 0.05) is 92.6 Å². The second-order valence-corrected chi connectivity index (χ2v) is 29.9. The van der Waals surface area contributed by atoms with Gasteiger partial charge < -0.3 is 19.6 Å². The van der Waals surface area contributed by atoms with Crippen molar-refractivity contribution in [3.63, 3.8) is 0 Å². The van der Waals surface area contributed by atoms with Gasteiger partial charge in [0.15, 0.2) is 0 Å². The van der Waals surface area contributed by atoms with Crippen molar-refractivity contribution in [2.24, 2.45) is 0 Å². The van der Waals surface area contributed by atoms with E-state index in [0.717, 1.165) is 74.9 Å². The summed E-state index contributed by atoms with van der Waals surface area (Å²) in [6.45, 7) is 0. The van der Waals surface area contributed by atoms with Gasteiger partial charge in [0.25, 0.3) is 0 Å². The first-order chi connectivity index (χ1) is 34.6. The largest absolute Gasteiger partial charge is 0.363 e. The van der Waals surface area contributed by atoms with E-state index in [-0.39, 0.29) is 31.7 Å². The third-order valence-electron chi connectivity index (χ3n) is 13.2. The third-order valence-corrected chi connectivity index (χ3v) is 24.5. The average molecular weight is 1030 g/mol. The monoisotopic (exact) mass is 1020 g/mol. The molecule has 0 N–H and O–H groups in total. The first kappa shape index (κ1) is 47.7. The Morgan fingerprint density at radius 2 is 0.429 bits per heavy atom. The van der Waals surface area contributed by atoms with Gasteiger partial charge in [-0.1, -0.05) is 177 Å². The van der Waals surface area contributed by atoms with Crippen molar-refractivity contribution in [1.82, 2.24) is 0 Å². The molecule has 10 heteroatoms. The summed E-state index contributed by atoms with van der Waals surface area (Å²) in [6.07, 6.45) is 13.1. The smallest absolute Gasteiger partial charge is 0.0400 e. The molecule has 2 saturated heterocycles. The number of benzene rings is 8. The van der Waals surface area contributed by atoms with E-state index in [1.165, 1.54) is 64.6 Å². The minimum atomic E-state index is -0.388. The molecule has 24 rings (SSSR count). The molecule has 4 nitrogen and oxygen atoms in total. The minimum absolute atomic E-state index is 0.388. The Labute approximate surface area is 429 Å². The highest BCUT2D eigenvalue weighted by Gasteiger charge is 2.29. The topological polar surface area (TPSA) is 13.0 Å². The van der Waals surface area contributed by atoms with Gasteiger partial charge >= 0.3 is 0 Å². The zero-order valence-electron chi connectivity index (χ0n) is 39.7. The van der Waals surface area contributed by atoms with E-state index in [0.29, 0.717) is 0 Å². The molecule has 70 heavy (non-hydrogen) atoms. The van der Waals surface area contributed by atoms with Crippen molar-refractivity contribution in [1.29, 1.82) is 0 Å². The first-order valence-corrected chi connectivity index (χ1v) is 33.6. The Morgan fingerprint density at radius 1 is 0.243 bits per heavy atom. The lowest BCUT2D eigenvalue weighted by atomic mass is 10.2. The van der Waals surface area contributed by atoms with E-state index >= 15 is 0 Å². The van der Waals surface area contributed by atoms with Crippen molar-refractivity contribution < 1.29 is 0 Å². The van der Waals surface area contributed by atoms with Crippen LogP contribution in [0.5, 0.6) is 0 Å². The van der Waals surface area contributed by atoms with E-state index in [9.17, 15) is 0 Å². The Morgan fingerprint density at radius 3 is 0.614 bits per heavy atom. The molecule has 0 spiro atoms. The van der Waals surface area contributed by atoms with Crippen LogP contribution < -0.4 is 19.6 Å². The lowest BCUT2D eigenvalue weighted by Crippen LogP contribution is -2.35. The van der Waals surface area contributed by atoms with Gasteiger partial charge in [-0.2, -0.15) is 0 Å². The van der Waals surface area contributed by atoms with Gasteiger partial charge in [-0.25, -0.2) is 0 Å². The van der Waals surface area contributed by atoms with Crippen LogP contribution in [0.1, 0.15) is 22.3 Å². The molecule has 12 bridgehead atoms. The predicted molar refractivity (Wildman–Crippen MR) is 311 cm³/mol. The third kappa shape index (κ3) is 12.7. The summed E-state index contributed by atoms with van der Waals surface area (Å²) in [6, 6.07) is 83.2. The molecule has 0 unspecified atom stereocenters. The summed E-state index contributed by atoms with van der Waals surface area (Å²) in [7, 11) is -1.55. The Hall–Kier alpha value is -4.62. The fourth-order valence-electron chi connectivity index (χ4n) is 9.88. The predicted octanol–water partition coefficient (Wildman–Crippen LogP) is 17.3. The van der Waals surface area contributed by atoms with Gasteiger partial charge in [0.05, 0.1) is 0 Å². The van der Waals surface area contributed by atoms with Crippen molar-refractivity contribution in [2.75, 3.05) is 69.9 Å². The molecule has 16 aliphatic heterocycles. The number of anilines is 4. The van der Waals surface area contributed by atoms with Crippen LogP contribution in [0.2, 0.25) is 0 Å². The number of rotatable bonds is 8. The lowest BCUT2D eigenvalue weighted by Gasteiger charge is -2.41. The lowest BCUT2D eigenvalue weighted by molar-refractivity contribution is 0.964. The van der Waals surface area contributed by atoms with Gasteiger partial charge in [0.1, 0.15) is 0 Å². The SMILES string of the molecule is c1ccc(CP2CN3CP(Cc4ccccc4)CN(C2)c2ccc(cc2)Sc2ccc(cc2)N2CP(Cc4ccccc4)CN(CP(Cc4ccccc4)C2)c2ccc(cc2)Sc2ccc3cc2)cc1. The molecular weight excluding hydrogens is 965 g/mol. The molecule has 0 aliphatic carbocycles. The van der Waals surface area contributed by atoms with Crippen molar-refractivity contribution in [2.45, 2.75) is 44.2 Å². The Kier molecular flexibility index (Phi) is 15.9. The normalized spacial score (nSPS) is 19.5. The van der Waals surface area contributed by atoms with Crippen LogP contribution in [0.15, 0.2) is 238 Å². The molecule has 16 heterocycles. The molecule has 0 radical (unpaired) electrons. The summed E-state index contributed by atoms with van der Waals surface area (Å²) in [5.74, 6) is 0. The molecule has 0 amide bonds. The second-order valence-electron chi connectivity index (χ2n) is 18.7. The van der Waals surface area contributed by atoms with E-state index in [1.807, 2.05) is 23.5 Å². The van der Waals surface area contributed by atoms with Gasteiger partial charge in [0.2, 0.25) is 0 Å². The molecule has 0 saturated carbocycles. The summed E-state index contributed by atoms with van der Waals surface area (Å²) >= 11 is 3.78. The number of hydrogen-bond acceptors (Lipinski definition) is 6. The Balaban J connectivity index is 0.953. The van der Waals surface area contributed by atoms with Crippen LogP contribution in [-0.2, 0) is 24.6 Å². The van der Waals surface area contributed by atoms with Crippen molar-refractivity contribution in [3.8, 4) is 0 Å². The molecule has 16 aliphatic rings. The summed E-state index contributed by atoms with van der Waals surface area (Å²) in [4.78, 5) is 16.2. The zero-order valence-corrected chi connectivity index (χ0v) is 44.9. The highest BCUT2D eigenvalue weighted by molar-refractivity contribution is 7.99. The van der Waals surface area contributed by atoms with Crippen molar-refractivity contribution in [3.05, 3.63) is 241 Å². The molecular formula is C60H60N4P4S2. The van der Waals surface area contributed by atoms with Crippen LogP contribution in [0.3, 0.4) is 0 Å². The highest BCUT2D eigenvalue weighted by atomic mass is 32.2.